The van der Waals surface area contributed by atoms with Crippen LogP contribution in [-0.2, 0) is 11.5 Å². The molecule has 0 unspecified atom stereocenters. The van der Waals surface area contributed by atoms with Gasteiger partial charge in [0.15, 0.2) is 4.77 Å². The van der Waals surface area contributed by atoms with Gasteiger partial charge < -0.3 is 9.40 Å². The number of rotatable bonds is 3. The number of nitrogens with zero attached hydrogens (tertiary/aromatic N) is 1. The van der Waals surface area contributed by atoms with Crippen LogP contribution in [-0.4, -0.2) is 16.7 Å². The number of aromatic amines is 1. The third-order valence-electron chi connectivity index (χ3n) is 1.28. The second-order valence-electron chi connectivity index (χ2n) is 2.09. The van der Waals surface area contributed by atoms with Crippen molar-refractivity contribution < 1.29 is 4.84 Å². The molecule has 0 spiro atoms. The predicted octanol–water partition coefficient (Wildman–Crippen LogP) is 0.0144. The molecule has 6 heteroatoms. The molecule has 12 heavy (non-hydrogen) atoms. The van der Waals surface area contributed by atoms with E-state index >= 15 is 0 Å². The molecule has 5 nitrogen and oxygen atoms in total. The number of hydroxylamine groups is 1. The molecule has 0 fully saturated rings. The van der Waals surface area contributed by atoms with Gasteiger partial charge in [-0.25, -0.2) is 0 Å². The largest absolute Gasteiger partial charge is 0.310 e. The summed E-state index contributed by atoms with van der Waals surface area (Å²) >= 11 is 4.86. The summed E-state index contributed by atoms with van der Waals surface area (Å²) in [5, 5.41) is 0. The average Bonchev–Trinajstić information content (AvgIpc) is 2.03. The first-order chi connectivity index (χ1) is 5.74. The SMILES string of the molecule is CONCn1ccc(=O)[nH]c1=S. The van der Waals surface area contributed by atoms with Crippen molar-refractivity contribution in [1.82, 2.24) is 15.0 Å². The summed E-state index contributed by atoms with van der Waals surface area (Å²) in [7, 11) is 1.51. The van der Waals surface area contributed by atoms with Crippen molar-refractivity contribution in [3.8, 4) is 0 Å². The van der Waals surface area contributed by atoms with E-state index in [4.69, 9.17) is 12.2 Å². The second kappa shape index (κ2) is 4.15. The van der Waals surface area contributed by atoms with E-state index in [-0.39, 0.29) is 5.56 Å². The van der Waals surface area contributed by atoms with Crippen molar-refractivity contribution >= 4 is 12.2 Å². The molecule has 1 heterocycles. The maximum absolute atomic E-state index is 10.7. The Morgan fingerprint density at radius 2 is 2.58 bits per heavy atom. The lowest BCUT2D eigenvalue weighted by atomic mass is 10.6. The van der Waals surface area contributed by atoms with E-state index < -0.39 is 0 Å². The van der Waals surface area contributed by atoms with Crippen molar-refractivity contribution in [2.24, 2.45) is 0 Å². The topological polar surface area (TPSA) is 59.0 Å². The Labute approximate surface area is 73.9 Å². The molecule has 1 rings (SSSR count). The number of nitrogens with one attached hydrogen (secondary N) is 2. The maximum atomic E-state index is 10.7. The highest BCUT2D eigenvalue weighted by Gasteiger charge is 1.90. The Kier molecular flexibility index (Phi) is 3.15. The smallest absolute Gasteiger partial charge is 0.251 e. The Morgan fingerprint density at radius 3 is 3.17 bits per heavy atom. The van der Waals surface area contributed by atoms with Gasteiger partial charge in [0.2, 0.25) is 0 Å². The molecule has 0 amide bonds. The van der Waals surface area contributed by atoms with Gasteiger partial charge >= 0.3 is 0 Å². The third-order valence-corrected chi connectivity index (χ3v) is 1.61. The molecule has 66 valence electrons. The van der Waals surface area contributed by atoms with Crippen molar-refractivity contribution in [2.45, 2.75) is 6.67 Å². The van der Waals surface area contributed by atoms with Crippen LogP contribution in [0.5, 0.6) is 0 Å². The van der Waals surface area contributed by atoms with Crippen LogP contribution in [0.4, 0.5) is 0 Å². The molecule has 1 aromatic heterocycles. The van der Waals surface area contributed by atoms with Gasteiger partial charge in [-0.3, -0.25) is 9.78 Å². The lowest BCUT2D eigenvalue weighted by Gasteiger charge is -2.04. The molecular weight excluding hydrogens is 178 g/mol. The minimum absolute atomic E-state index is 0.200. The molecule has 0 aromatic carbocycles. The Bertz CT molecular complexity index is 356. The summed E-state index contributed by atoms with van der Waals surface area (Å²) in [5.74, 6) is 0. The molecule has 0 radical (unpaired) electrons. The predicted molar refractivity (Wildman–Crippen MR) is 46.0 cm³/mol. The van der Waals surface area contributed by atoms with Gasteiger partial charge in [0.05, 0.1) is 13.8 Å². The van der Waals surface area contributed by atoms with Crippen molar-refractivity contribution in [3.63, 3.8) is 0 Å². The molecule has 0 bridgehead atoms. The fourth-order valence-corrected chi connectivity index (χ4v) is 0.929. The summed E-state index contributed by atoms with van der Waals surface area (Å²) < 4.78 is 2.01. The second-order valence-corrected chi connectivity index (χ2v) is 2.47. The summed E-state index contributed by atoms with van der Waals surface area (Å²) in [4.78, 5) is 17.8. The van der Waals surface area contributed by atoms with Crippen LogP contribution >= 0.6 is 12.2 Å². The summed E-state index contributed by atoms with van der Waals surface area (Å²) in [5.41, 5.74) is 2.40. The quantitative estimate of drug-likeness (QED) is 0.517. The average molecular weight is 187 g/mol. The van der Waals surface area contributed by atoms with Crippen LogP contribution in [0.25, 0.3) is 0 Å². The Hall–Kier alpha value is -0.980. The number of hydrogen-bond acceptors (Lipinski definition) is 4. The first-order valence-electron chi connectivity index (χ1n) is 3.29. The molecule has 0 saturated heterocycles. The summed E-state index contributed by atoms with van der Waals surface area (Å²) in [6.45, 7) is 0.409. The standard InChI is InChI=1S/C6H9N3O2S/c1-11-7-4-9-3-2-5(10)8-6(9)12/h2-3,7H,4H2,1H3,(H,8,10,12). The van der Waals surface area contributed by atoms with Crippen LogP contribution in [0.3, 0.4) is 0 Å². The molecule has 0 atom stereocenters. The fraction of sp³-hybridized carbons (Fsp3) is 0.333. The maximum Gasteiger partial charge on any atom is 0.251 e. The molecule has 0 saturated carbocycles. The molecule has 0 aliphatic heterocycles. The molecule has 1 aromatic rings. The fourth-order valence-electron chi connectivity index (χ4n) is 0.703. The Balaban J connectivity index is 2.87. The summed E-state index contributed by atoms with van der Waals surface area (Å²) in [6, 6.07) is 1.40. The van der Waals surface area contributed by atoms with Gasteiger partial charge in [-0.2, -0.15) is 5.48 Å². The van der Waals surface area contributed by atoms with E-state index in [0.29, 0.717) is 11.4 Å². The van der Waals surface area contributed by atoms with Gasteiger partial charge in [0, 0.05) is 12.3 Å². The molecule has 2 N–H and O–H groups in total. The first kappa shape index (κ1) is 9.11. The highest BCUT2D eigenvalue weighted by molar-refractivity contribution is 7.71. The number of aromatic nitrogens is 2. The normalized spacial score (nSPS) is 10.1. The zero-order valence-electron chi connectivity index (χ0n) is 6.53. The molecule has 0 aliphatic rings. The number of hydrogen-bond donors (Lipinski definition) is 2. The van der Waals surface area contributed by atoms with Gasteiger partial charge in [-0.1, -0.05) is 0 Å². The van der Waals surface area contributed by atoms with Crippen LogP contribution < -0.4 is 11.0 Å². The van der Waals surface area contributed by atoms with Gasteiger partial charge in [0.25, 0.3) is 5.56 Å². The van der Waals surface area contributed by atoms with E-state index in [1.54, 1.807) is 10.8 Å². The van der Waals surface area contributed by atoms with Gasteiger partial charge in [-0.05, 0) is 12.2 Å². The molecule has 0 aliphatic carbocycles. The van der Waals surface area contributed by atoms with Gasteiger partial charge in [0.1, 0.15) is 0 Å². The monoisotopic (exact) mass is 187 g/mol. The Morgan fingerprint density at radius 1 is 1.83 bits per heavy atom. The van der Waals surface area contributed by atoms with E-state index in [1.165, 1.54) is 13.2 Å². The van der Waals surface area contributed by atoms with Crippen LogP contribution in [0.15, 0.2) is 17.1 Å². The lowest BCUT2D eigenvalue weighted by molar-refractivity contribution is 0.0697. The summed E-state index contributed by atoms with van der Waals surface area (Å²) in [6.07, 6.45) is 1.59. The van der Waals surface area contributed by atoms with E-state index in [1.807, 2.05) is 0 Å². The van der Waals surface area contributed by atoms with Crippen LogP contribution in [0.2, 0.25) is 0 Å². The van der Waals surface area contributed by atoms with Crippen LogP contribution in [0.1, 0.15) is 0 Å². The lowest BCUT2D eigenvalue weighted by Crippen LogP contribution is -2.20. The highest BCUT2D eigenvalue weighted by Crippen LogP contribution is 1.83. The van der Waals surface area contributed by atoms with E-state index in [0.717, 1.165) is 0 Å². The van der Waals surface area contributed by atoms with Crippen molar-refractivity contribution in [3.05, 3.63) is 27.4 Å². The highest BCUT2D eigenvalue weighted by atomic mass is 32.1. The van der Waals surface area contributed by atoms with Crippen molar-refractivity contribution in [2.75, 3.05) is 7.11 Å². The van der Waals surface area contributed by atoms with E-state index in [9.17, 15) is 4.79 Å². The van der Waals surface area contributed by atoms with Gasteiger partial charge in [-0.15, -0.1) is 0 Å². The van der Waals surface area contributed by atoms with Crippen molar-refractivity contribution in [1.29, 1.82) is 0 Å². The zero-order valence-corrected chi connectivity index (χ0v) is 7.35. The minimum Gasteiger partial charge on any atom is -0.310 e. The van der Waals surface area contributed by atoms with Crippen LogP contribution in [0, 0.1) is 4.77 Å². The zero-order chi connectivity index (χ0) is 8.97. The molecular formula is C6H9N3O2S. The third kappa shape index (κ3) is 2.26. The van der Waals surface area contributed by atoms with E-state index in [2.05, 4.69) is 15.3 Å². The number of H-pyrrole nitrogens is 1. The minimum atomic E-state index is -0.200. The first-order valence-corrected chi connectivity index (χ1v) is 3.70.